The molecule has 2 aromatic heterocycles. The summed E-state index contributed by atoms with van der Waals surface area (Å²) in [7, 11) is 0. The molecule has 0 bridgehead atoms. The molecule has 4 rings (SSSR count). The van der Waals surface area contributed by atoms with Gasteiger partial charge in [-0.2, -0.15) is 0 Å². The normalized spacial score (nSPS) is 12.2. The average Bonchev–Trinajstić information content (AvgIpc) is 3.52. The van der Waals surface area contributed by atoms with Crippen LogP contribution >= 0.6 is 0 Å². The molecule has 162 valence electrons. The third-order valence-corrected chi connectivity index (χ3v) is 4.79. The lowest BCUT2D eigenvalue weighted by Crippen LogP contribution is -2.16. The Morgan fingerprint density at radius 1 is 0.719 bits per heavy atom. The number of aliphatic imine (C=N–C) groups is 2. The van der Waals surface area contributed by atoms with Gasteiger partial charge in [0.05, 0.1) is 23.9 Å². The van der Waals surface area contributed by atoms with Gasteiger partial charge in [-0.05, 0) is 72.6 Å². The van der Waals surface area contributed by atoms with Crippen LogP contribution in [0.15, 0.2) is 104 Å². The topological polar surface area (TPSA) is 115 Å². The summed E-state index contributed by atoms with van der Waals surface area (Å²) in [6.45, 7) is 1.55. The first-order chi connectivity index (χ1) is 15.7. The van der Waals surface area contributed by atoms with Crippen molar-refractivity contribution < 1.29 is 8.83 Å². The van der Waals surface area contributed by atoms with Crippen molar-refractivity contribution in [2.45, 2.75) is 13.0 Å². The van der Waals surface area contributed by atoms with Gasteiger partial charge in [-0.15, -0.1) is 0 Å². The van der Waals surface area contributed by atoms with E-state index in [2.05, 4.69) is 27.4 Å². The molecule has 2 heterocycles. The number of furan rings is 2. The number of amidine groups is 2. The average molecular weight is 428 g/mol. The van der Waals surface area contributed by atoms with E-state index in [4.69, 9.17) is 20.3 Å². The summed E-state index contributed by atoms with van der Waals surface area (Å²) in [5, 5.41) is 3.47. The highest BCUT2D eigenvalue weighted by molar-refractivity contribution is 5.97. The Balaban J connectivity index is 1.30. The van der Waals surface area contributed by atoms with Gasteiger partial charge in [0.1, 0.15) is 0 Å². The van der Waals surface area contributed by atoms with E-state index < -0.39 is 0 Å². The van der Waals surface area contributed by atoms with Crippen LogP contribution in [-0.2, 0) is 13.0 Å². The second-order valence-corrected chi connectivity index (χ2v) is 7.22. The standard InChI is InChI=1S/C25H25N5O2/c26-24(22-9-3-13-31-22)29-20-7-1-5-18(15-20)11-12-28-17-19-6-2-8-21(16-19)30-25(27)23-10-4-14-32-23/h1-10,13-16,28H,11-12,17H2,(H2,26,29)(H2,27,30). The van der Waals surface area contributed by atoms with Gasteiger partial charge in [0.15, 0.2) is 23.2 Å². The van der Waals surface area contributed by atoms with Crippen LogP contribution in [0.4, 0.5) is 11.4 Å². The maximum atomic E-state index is 6.00. The molecule has 7 heteroatoms. The fourth-order valence-electron chi connectivity index (χ4n) is 3.22. The van der Waals surface area contributed by atoms with Crippen LogP contribution < -0.4 is 16.8 Å². The van der Waals surface area contributed by atoms with Crippen molar-refractivity contribution in [3.05, 3.63) is 108 Å². The predicted octanol–water partition coefficient (Wildman–Crippen LogP) is 4.28. The highest BCUT2D eigenvalue weighted by atomic mass is 16.3. The number of hydrogen-bond acceptors (Lipinski definition) is 5. The summed E-state index contributed by atoms with van der Waals surface area (Å²) in [6, 6.07) is 23.1. The minimum absolute atomic E-state index is 0.357. The van der Waals surface area contributed by atoms with Crippen molar-refractivity contribution in [3.63, 3.8) is 0 Å². The predicted molar refractivity (Wildman–Crippen MR) is 126 cm³/mol. The quantitative estimate of drug-likeness (QED) is 0.209. The molecule has 32 heavy (non-hydrogen) atoms. The molecule has 0 aliphatic rings. The van der Waals surface area contributed by atoms with Crippen LogP contribution in [0, 0.1) is 0 Å². The molecule has 0 atom stereocenters. The van der Waals surface area contributed by atoms with Gasteiger partial charge in [-0.25, -0.2) is 9.98 Å². The van der Waals surface area contributed by atoms with Crippen molar-refractivity contribution in [2.75, 3.05) is 6.54 Å². The molecule has 4 aromatic rings. The van der Waals surface area contributed by atoms with Crippen molar-refractivity contribution in [1.29, 1.82) is 0 Å². The van der Waals surface area contributed by atoms with Crippen LogP contribution in [0.5, 0.6) is 0 Å². The van der Waals surface area contributed by atoms with E-state index in [0.29, 0.717) is 23.2 Å². The molecule has 0 fully saturated rings. The minimum atomic E-state index is 0.357. The monoisotopic (exact) mass is 427 g/mol. The van der Waals surface area contributed by atoms with E-state index in [1.54, 1.807) is 36.8 Å². The lowest BCUT2D eigenvalue weighted by molar-refractivity contribution is 0.556. The molecule has 0 spiro atoms. The number of nitrogens with two attached hydrogens (primary N) is 2. The fourth-order valence-corrected chi connectivity index (χ4v) is 3.22. The van der Waals surface area contributed by atoms with E-state index in [-0.39, 0.29) is 0 Å². The number of nitrogens with zero attached hydrogens (tertiary/aromatic N) is 2. The SMILES string of the molecule is NC(=Nc1cccc(CCNCc2cccc(N=C(N)c3ccco3)c2)c1)c1ccco1. The second kappa shape index (κ2) is 10.3. The Hall–Kier alpha value is -4.10. The molecule has 0 radical (unpaired) electrons. The molecular formula is C25H25N5O2. The van der Waals surface area contributed by atoms with E-state index in [1.165, 1.54) is 5.56 Å². The van der Waals surface area contributed by atoms with E-state index in [0.717, 1.165) is 36.4 Å². The zero-order chi connectivity index (χ0) is 22.2. The van der Waals surface area contributed by atoms with Gasteiger partial charge in [0.25, 0.3) is 0 Å². The zero-order valence-electron chi connectivity index (χ0n) is 17.6. The van der Waals surface area contributed by atoms with Crippen molar-refractivity contribution in [3.8, 4) is 0 Å². The first-order valence-electron chi connectivity index (χ1n) is 10.3. The molecule has 0 aliphatic carbocycles. The summed E-state index contributed by atoms with van der Waals surface area (Å²) in [5.74, 6) is 1.84. The number of hydrogen-bond donors (Lipinski definition) is 3. The van der Waals surface area contributed by atoms with Crippen LogP contribution in [0.25, 0.3) is 0 Å². The molecule has 0 saturated heterocycles. The van der Waals surface area contributed by atoms with Crippen molar-refractivity contribution in [1.82, 2.24) is 5.32 Å². The molecule has 0 saturated carbocycles. The third-order valence-electron chi connectivity index (χ3n) is 4.79. The summed E-state index contributed by atoms with van der Waals surface area (Å²) in [4.78, 5) is 8.87. The smallest absolute Gasteiger partial charge is 0.168 e. The third kappa shape index (κ3) is 5.74. The van der Waals surface area contributed by atoms with E-state index in [9.17, 15) is 0 Å². The van der Waals surface area contributed by atoms with Gasteiger partial charge >= 0.3 is 0 Å². The largest absolute Gasteiger partial charge is 0.461 e. The zero-order valence-corrected chi connectivity index (χ0v) is 17.6. The van der Waals surface area contributed by atoms with Crippen molar-refractivity contribution >= 4 is 23.0 Å². The van der Waals surface area contributed by atoms with Gasteiger partial charge in [-0.3, -0.25) is 0 Å². The Labute approximate surface area is 186 Å². The van der Waals surface area contributed by atoms with Gasteiger partial charge in [-0.1, -0.05) is 24.3 Å². The maximum Gasteiger partial charge on any atom is 0.168 e. The van der Waals surface area contributed by atoms with E-state index in [1.807, 2.05) is 36.4 Å². The molecule has 5 N–H and O–H groups in total. The second-order valence-electron chi connectivity index (χ2n) is 7.22. The number of rotatable bonds is 9. The van der Waals surface area contributed by atoms with Crippen molar-refractivity contribution in [2.24, 2.45) is 21.5 Å². The molecule has 2 aromatic carbocycles. The molecule has 7 nitrogen and oxygen atoms in total. The minimum Gasteiger partial charge on any atom is -0.461 e. The first kappa shape index (κ1) is 21.1. The Kier molecular flexibility index (Phi) is 6.79. The van der Waals surface area contributed by atoms with Crippen LogP contribution in [0.3, 0.4) is 0 Å². The Morgan fingerprint density at radius 3 is 1.84 bits per heavy atom. The summed E-state index contributed by atoms with van der Waals surface area (Å²) >= 11 is 0. The van der Waals surface area contributed by atoms with Crippen LogP contribution in [0.1, 0.15) is 22.6 Å². The lowest BCUT2D eigenvalue weighted by Gasteiger charge is -2.07. The van der Waals surface area contributed by atoms with Crippen LogP contribution in [0.2, 0.25) is 0 Å². The van der Waals surface area contributed by atoms with Crippen LogP contribution in [-0.4, -0.2) is 18.2 Å². The summed E-state index contributed by atoms with van der Waals surface area (Å²) in [6.07, 6.45) is 4.03. The Bertz CT molecular complexity index is 1100. The van der Waals surface area contributed by atoms with E-state index >= 15 is 0 Å². The fraction of sp³-hybridized carbons (Fsp3) is 0.120. The van der Waals surface area contributed by atoms with Gasteiger partial charge in [0.2, 0.25) is 0 Å². The summed E-state index contributed by atoms with van der Waals surface area (Å²) < 4.78 is 10.6. The summed E-state index contributed by atoms with van der Waals surface area (Å²) in [5.41, 5.74) is 15.9. The first-order valence-corrected chi connectivity index (χ1v) is 10.3. The molecule has 0 aliphatic heterocycles. The highest BCUT2D eigenvalue weighted by Gasteiger charge is 2.04. The lowest BCUT2D eigenvalue weighted by atomic mass is 10.1. The molecule has 0 amide bonds. The number of benzene rings is 2. The Morgan fingerprint density at radius 2 is 1.28 bits per heavy atom. The molecular weight excluding hydrogens is 402 g/mol. The molecule has 0 unspecified atom stereocenters. The van der Waals surface area contributed by atoms with Gasteiger partial charge < -0.3 is 25.6 Å². The van der Waals surface area contributed by atoms with Gasteiger partial charge in [0, 0.05) is 6.54 Å². The highest BCUT2D eigenvalue weighted by Crippen LogP contribution is 2.17. The number of nitrogens with one attached hydrogen (secondary N) is 1. The maximum absolute atomic E-state index is 6.00.